The molecule has 114 valence electrons. The van der Waals surface area contributed by atoms with Crippen LogP contribution in [0.2, 0.25) is 10.0 Å². The molecule has 0 radical (unpaired) electrons. The minimum Gasteiger partial charge on any atom is -0.391 e. The Morgan fingerprint density at radius 1 is 1.32 bits per heavy atom. The van der Waals surface area contributed by atoms with E-state index in [0.29, 0.717) is 22.2 Å². The van der Waals surface area contributed by atoms with Crippen molar-refractivity contribution < 1.29 is 4.84 Å². The summed E-state index contributed by atoms with van der Waals surface area (Å²) in [4.78, 5) is 6.85. The van der Waals surface area contributed by atoms with E-state index < -0.39 is 0 Å². The third kappa shape index (κ3) is 4.96. The summed E-state index contributed by atoms with van der Waals surface area (Å²) in [5, 5.41) is 22.5. The largest absolute Gasteiger partial charge is 0.391 e. The Balaban J connectivity index is 2.64. The smallest absolute Gasteiger partial charge is 0.149 e. The Hall–Kier alpha value is -2.21. The minimum absolute atomic E-state index is 0.0503. The SMILES string of the molecule is CN(C)C(C/C=N\OCc1cccc(Cl)c1Cl)=C(C#N)C#N. The number of oxime groups is 1. The van der Waals surface area contributed by atoms with Gasteiger partial charge in [0.05, 0.1) is 10.0 Å². The van der Waals surface area contributed by atoms with Crippen LogP contribution in [0, 0.1) is 22.7 Å². The van der Waals surface area contributed by atoms with Crippen molar-refractivity contribution in [2.24, 2.45) is 5.16 Å². The van der Waals surface area contributed by atoms with Gasteiger partial charge in [-0.3, -0.25) is 0 Å². The number of halogens is 2. The molecule has 1 aromatic rings. The number of hydrogen-bond acceptors (Lipinski definition) is 5. The van der Waals surface area contributed by atoms with Crippen molar-refractivity contribution in [2.45, 2.75) is 13.0 Å². The molecule has 0 spiro atoms. The van der Waals surface area contributed by atoms with Crippen molar-refractivity contribution in [2.75, 3.05) is 14.1 Å². The average molecular weight is 337 g/mol. The molecular weight excluding hydrogens is 323 g/mol. The lowest BCUT2D eigenvalue weighted by molar-refractivity contribution is 0.131. The van der Waals surface area contributed by atoms with Crippen LogP contribution in [0.4, 0.5) is 0 Å². The number of rotatable bonds is 6. The molecule has 0 aliphatic heterocycles. The molecule has 0 amide bonds. The maximum Gasteiger partial charge on any atom is 0.149 e. The van der Waals surface area contributed by atoms with E-state index in [-0.39, 0.29) is 12.2 Å². The van der Waals surface area contributed by atoms with E-state index in [4.69, 9.17) is 38.6 Å². The molecule has 0 fully saturated rings. The predicted molar refractivity (Wildman–Crippen MR) is 86.3 cm³/mol. The van der Waals surface area contributed by atoms with Gasteiger partial charge in [0.25, 0.3) is 0 Å². The molecule has 0 aromatic heterocycles. The van der Waals surface area contributed by atoms with Gasteiger partial charge in [-0.2, -0.15) is 10.5 Å². The Morgan fingerprint density at radius 2 is 2.00 bits per heavy atom. The second-order valence-electron chi connectivity index (χ2n) is 4.42. The molecule has 0 N–H and O–H groups in total. The maximum atomic E-state index is 8.89. The second-order valence-corrected chi connectivity index (χ2v) is 5.20. The molecule has 0 heterocycles. The fourth-order valence-electron chi connectivity index (χ4n) is 1.61. The Bertz CT molecular complexity index is 653. The maximum absolute atomic E-state index is 8.89. The first-order valence-electron chi connectivity index (χ1n) is 6.28. The van der Waals surface area contributed by atoms with Gasteiger partial charge in [-0.05, 0) is 6.07 Å². The van der Waals surface area contributed by atoms with E-state index >= 15 is 0 Å². The molecule has 0 atom stereocenters. The van der Waals surface area contributed by atoms with Gasteiger partial charge in [-0.25, -0.2) is 0 Å². The summed E-state index contributed by atoms with van der Waals surface area (Å²) >= 11 is 11.9. The van der Waals surface area contributed by atoms with Crippen molar-refractivity contribution in [1.82, 2.24) is 4.90 Å². The van der Waals surface area contributed by atoms with Crippen LogP contribution >= 0.6 is 23.2 Å². The lowest BCUT2D eigenvalue weighted by Crippen LogP contribution is -2.13. The van der Waals surface area contributed by atoms with Crippen molar-refractivity contribution in [3.05, 3.63) is 45.1 Å². The van der Waals surface area contributed by atoms with Gasteiger partial charge in [0.2, 0.25) is 0 Å². The molecular formula is C15H14Cl2N4O. The lowest BCUT2D eigenvalue weighted by Gasteiger charge is -2.14. The van der Waals surface area contributed by atoms with Crippen LogP contribution in [0.15, 0.2) is 34.6 Å². The highest BCUT2D eigenvalue weighted by atomic mass is 35.5. The van der Waals surface area contributed by atoms with Crippen molar-refractivity contribution in [3.63, 3.8) is 0 Å². The van der Waals surface area contributed by atoms with Crippen LogP contribution in [-0.4, -0.2) is 25.2 Å². The Morgan fingerprint density at radius 3 is 2.59 bits per heavy atom. The predicted octanol–water partition coefficient (Wildman–Crippen LogP) is 3.75. The zero-order chi connectivity index (χ0) is 16.5. The molecule has 22 heavy (non-hydrogen) atoms. The summed E-state index contributed by atoms with van der Waals surface area (Å²) in [6, 6.07) is 8.97. The molecule has 0 aliphatic rings. The first kappa shape index (κ1) is 17.8. The fourth-order valence-corrected chi connectivity index (χ4v) is 1.98. The summed E-state index contributed by atoms with van der Waals surface area (Å²) in [5.74, 6) is 0. The third-order valence-corrected chi connectivity index (χ3v) is 3.60. The van der Waals surface area contributed by atoms with E-state index in [1.807, 2.05) is 12.1 Å². The summed E-state index contributed by atoms with van der Waals surface area (Å²) < 4.78 is 0. The number of allylic oxidation sites excluding steroid dienone is 2. The summed E-state index contributed by atoms with van der Waals surface area (Å²) in [6.07, 6.45) is 1.80. The van der Waals surface area contributed by atoms with Crippen LogP contribution in [0.25, 0.3) is 0 Å². The van der Waals surface area contributed by atoms with E-state index in [2.05, 4.69) is 5.16 Å². The minimum atomic E-state index is 0.0503. The summed E-state index contributed by atoms with van der Waals surface area (Å²) in [7, 11) is 3.51. The average Bonchev–Trinajstić information content (AvgIpc) is 2.49. The number of benzene rings is 1. The van der Waals surface area contributed by atoms with E-state index in [9.17, 15) is 0 Å². The monoisotopic (exact) mass is 336 g/mol. The first-order chi connectivity index (χ1) is 10.5. The lowest BCUT2D eigenvalue weighted by atomic mass is 10.2. The van der Waals surface area contributed by atoms with Crippen LogP contribution in [-0.2, 0) is 11.4 Å². The van der Waals surface area contributed by atoms with Crippen molar-refractivity contribution >= 4 is 29.4 Å². The second kappa shape index (κ2) is 8.94. The Labute approximate surface area is 139 Å². The highest BCUT2D eigenvalue weighted by Gasteiger charge is 2.07. The Kier molecular flexibility index (Phi) is 7.25. The topological polar surface area (TPSA) is 72.4 Å². The molecule has 0 bridgehead atoms. The molecule has 1 aromatic carbocycles. The van der Waals surface area contributed by atoms with Gasteiger partial charge < -0.3 is 9.74 Å². The fraction of sp³-hybridized carbons (Fsp3) is 0.267. The summed E-state index contributed by atoms with van der Waals surface area (Å²) in [5.41, 5.74) is 1.34. The van der Waals surface area contributed by atoms with E-state index in [0.717, 1.165) is 5.56 Å². The molecule has 7 heteroatoms. The highest BCUT2D eigenvalue weighted by Crippen LogP contribution is 2.25. The van der Waals surface area contributed by atoms with Crippen molar-refractivity contribution in [1.29, 1.82) is 10.5 Å². The van der Waals surface area contributed by atoms with Gasteiger partial charge in [0.1, 0.15) is 24.3 Å². The number of hydrogen-bond donors (Lipinski definition) is 0. The highest BCUT2D eigenvalue weighted by molar-refractivity contribution is 6.42. The normalized spacial score (nSPS) is 9.91. The number of nitriles is 2. The van der Waals surface area contributed by atoms with Gasteiger partial charge in [-0.15, -0.1) is 0 Å². The van der Waals surface area contributed by atoms with Gasteiger partial charge in [0.15, 0.2) is 0 Å². The zero-order valence-corrected chi connectivity index (χ0v) is 13.7. The molecule has 5 nitrogen and oxygen atoms in total. The zero-order valence-electron chi connectivity index (χ0n) is 12.2. The van der Waals surface area contributed by atoms with Gasteiger partial charge >= 0.3 is 0 Å². The first-order valence-corrected chi connectivity index (χ1v) is 7.04. The van der Waals surface area contributed by atoms with Crippen LogP contribution in [0.5, 0.6) is 0 Å². The summed E-state index contributed by atoms with van der Waals surface area (Å²) in [6.45, 7) is 0.181. The van der Waals surface area contributed by atoms with Gasteiger partial charge in [0, 0.05) is 38.0 Å². The third-order valence-electron chi connectivity index (χ3n) is 2.74. The molecule has 0 unspecified atom stereocenters. The van der Waals surface area contributed by atoms with Crippen LogP contribution in [0.1, 0.15) is 12.0 Å². The molecule has 1 rings (SSSR count). The quantitative estimate of drug-likeness (QED) is 0.450. The molecule has 0 saturated carbocycles. The number of nitrogens with zero attached hydrogens (tertiary/aromatic N) is 4. The molecule has 0 aliphatic carbocycles. The van der Waals surface area contributed by atoms with Crippen LogP contribution < -0.4 is 0 Å². The van der Waals surface area contributed by atoms with Crippen LogP contribution in [0.3, 0.4) is 0 Å². The molecule has 0 saturated heterocycles. The van der Waals surface area contributed by atoms with Gasteiger partial charge in [-0.1, -0.05) is 40.5 Å². The van der Waals surface area contributed by atoms with E-state index in [1.165, 1.54) is 6.21 Å². The van der Waals surface area contributed by atoms with E-state index in [1.54, 1.807) is 37.2 Å². The van der Waals surface area contributed by atoms with Crippen molar-refractivity contribution in [3.8, 4) is 12.1 Å². The standard InChI is InChI=1S/C15H14Cl2N4O/c1-21(2)14(12(8-18)9-19)6-7-20-22-10-11-4-3-5-13(16)15(11)17/h3-5,7H,6,10H2,1-2H3/b20-7-.